The van der Waals surface area contributed by atoms with E-state index in [1.165, 1.54) is 19.3 Å². The monoisotopic (exact) mass is 384 g/mol. The lowest BCUT2D eigenvalue weighted by molar-refractivity contribution is -0.127. The summed E-state index contributed by atoms with van der Waals surface area (Å²) in [5.41, 5.74) is 0.799. The van der Waals surface area contributed by atoms with E-state index in [0.717, 1.165) is 48.5 Å². The van der Waals surface area contributed by atoms with Gasteiger partial charge in [-0.25, -0.2) is 0 Å². The Kier molecular flexibility index (Phi) is 5.35. The van der Waals surface area contributed by atoms with Crippen LogP contribution in [0.1, 0.15) is 58.3 Å². The minimum absolute atomic E-state index is 0.0205. The number of nitrogens with one attached hydrogen (secondary N) is 2. The highest BCUT2D eigenvalue weighted by atomic mass is 16.5. The molecular formula is C23H32N2O3. The lowest BCUT2D eigenvalue weighted by atomic mass is 9.53. The molecular weight excluding hydrogens is 352 g/mol. The molecule has 2 amide bonds. The van der Waals surface area contributed by atoms with Crippen LogP contribution in [0.3, 0.4) is 0 Å². The zero-order chi connectivity index (χ0) is 19.7. The van der Waals surface area contributed by atoms with Crippen molar-refractivity contribution in [2.24, 2.45) is 23.7 Å². The Balaban J connectivity index is 1.24. The quantitative estimate of drug-likeness (QED) is 0.743. The van der Waals surface area contributed by atoms with Crippen LogP contribution in [0.15, 0.2) is 24.3 Å². The second kappa shape index (κ2) is 7.76. The average molecular weight is 385 g/mol. The Morgan fingerprint density at radius 3 is 2.07 bits per heavy atom. The van der Waals surface area contributed by atoms with E-state index in [4.69, 9.17) is 4.74 Å². The van der Waals surface area contributed by atoms with Crippen molar-refractivity contribution in [3.05, 3.63) is 24.3 Å². The van der Waals surface area contributed by atoms with Crippen LogP contribution in [0.2, 0.25) is 0 Å². The number of benzene rings is 1. The van der Waals surface area contributed by atoms with Gasteiger partial charge in [-0.05, 0) is 86.5 Å². The molecule has 1 atom stereocenters. The standard InChI is InChI=1S/C23H32N2O3/c1-15(7-21(26)24-19-3-5-20(28-2)6-4-19)8-22(27)25-23-12-16-9-17(13-23)11-18(10-16)14-23/h3-6,15-18H,7-14H2,1-2H3,(H,24,26)(H,25,27)/t15-,16?,17?,18?,23?/m1/s1. The van der Waals surface area contributed by atoms with Gasteiger partial charge in [0.25, 0.3) is 0 Å². The van der Waals surface area contributed by atoms with Crippen LogP contribution in [0, 0.1) is 23.7 Å². The van der Waals surface area contributed by atoms with E-state index in [-0.39, 0.29) is 23.3 Å². The smallest absolute Gasteiger partial charge is 0.224 e. The first kappa shape index (κ1) is 19.3. The van der Waals surface area contributed by atoms with Gasteiger partial charge in [0.05, 0.1) is 7.11 Å². The van der Waals surface area contributed by atoms with Crippen molar-refractivity contribution in [3.63, 3.8) is 0 Å². The summed E-state index contributed by atoms with van der Waals surface area (Å²) < 4.78 is 5.13. The fourth-order valence-electron chi connectivity index (χ4n) is 6.20. The van der Waals surface area contributed by atoms with E-state index >= 15 is 0 Å². The molecule has 5 nitrogen and oxygen atoms in total. The molecule has 4 saturated carbocycles. The second-order valence-corrected chi connectivity index (χ2v) is 9.54. The van der Waals surface area contributed by atoms with Gasteiger partial charge in [0.2, 0.25) is 11.8 Å². The van der Waals surface area contributed by atoms with Gasteiger partial charge >= 0.3 is 0 Å². The molecule has 4 bridgehead atoms. The Morgan fingerprint density at radius 2 is 1.54 bits per heavy atom. The van der Waals surface area contributed by atoms with Gasteiger partial charge < -0.3 is 15.4 Å². The maximum Gasteiger partial charge on any atom is 0.224 e. The zero-order valence-electron chi connectivity index (χ0n) is 17.0. The second-order valence-electron chi connectivity index (χ2n) is 9.54. The van der Waals surface area contributed by atoms with Gasteiger partial charge in [-0.1, -0.05) is 6.92 Å². The number of hydrogen-bond donors (Lipinski definition) is 2. The van der Waals surface area contributed by atoms with Crippen molar-refractivity contribution in [1.29, 1.82) is 0 Å². The molecule has 0 unspecified atom stereocenters. The first-order chi connectivity index (χ1) is 13.4. The molecule has 4 aliphatic carbocycles. The molecule has 5 rings (SSSR count). The number of anilines is 1. The van der Waals surface area contributed by atoms with Crippen LogP contribution in [0.4, 0.5) is 5.69 Å². The fourth-order valence-corrected chi connectivity index (χ4v) is 6.20. The summed E-state index contributed by atoms with van der Waals surface area (Å²) in [6.07, 6.45) is 8.37. The Hall–Kier alpha value is -2.04. The van der Waals surface area contributed by atoms with E-state index in [0.29, 0.717) is 12.8 Å². The van der Waals surface area contributed by atoms with Gasteiger partial charge in [-0.3, -0.25) is 9.59 Å². The Labute approximate surface area is 167 Å². The highest BCUT2D eigenvalue weighted by Gasteiger charge is 2.51. The molecule has 4 aliphatic rings. The summed E-state index contributed by atoms with van der Waals surface area (Å²) >= 11 is 0. The van der Waals surface area contributed by atoms with Gasteiger partial charge in [0.1, 0.15) is 5.75 Å². The van der Waals surface area contributed by atoms with Crippen molar-refractivity contribution in [2.75, 3.05) is 12.4 Å². The fraction of sp³-hybridized carbons (Fsp3) is 0.652. The average Bonchev–Trinajstić information content (AvgIpc) is 2.60. The minimum atomic E-state index is -0.0553. The molecule has 0 spiro atoms. The molecule has 0 radical (unpaired) electrons. The SMILES string of the molecule is COc1ccc(NC(=O)C[C@@H](C)CC(=O)NC23CC4CC(CC(C4)C2)C3)cc1. The summed E-state index contributed by atoms with van der Waals surface area (Å²) in [6.45, 7) is 1.98. The highest BCUT2D eigenvalue weighted by Crippen LogP contribution is 2.55. The molecule has 0 aliphatic heterocycles. The van der Waals surface area contributed by atoms with Gasteiger partial charge in [-0.15, -0.1) is 0 Å². The van der Waals surface area contributed by atoms with E-state index in [1.54, 1.807) is 7.11 Å². The van der Waals surface area contributed by atoms with Crippen LogP contribution < -0.4 is 15.4 Å². The van der Waals surface area contributed by atoms with Crippen molar-refractivity contribution in [2.45, 2.75) is 63.8 Å². The largest absolute Gasteiger partial charge is 0.497 e. The van der Waals surface area contributed by atoms with E-state index in [2.05, 4.69) is 10.6 Å². The van der Waals surface area contributed by atoms with Gasteiger partial charge in [0, 0.05) is 24.1 Å². The van der Waals surface area contributed by atoms with E-state index in [1.807, 2.05) is 31.2 Å². The molecule has 0 heterocycles. The number of carbonyl (C=O) groups excluding carboxylic acids is 2. The Morgan fingerprint density at radius 1 is 1.00 bits per heavy atom. The summed E-state index contributed by atoms with van der Waals surface area (Å²) in [7, 11) is 1.61. The van der Waals surface area contributed by atoms with Crippen molar-refractivity contribution >= 4 is 17.5 Å². The molecule has 1 aromatic carbocycles. The van der Waals surface area contributed by atoms with Crippen molar-refractivity contribution in [1.82, 2.24) is 5.32 Å². The van der Waals surface area contributed by atoms with E-state index in [9.17, 15) is 9.59 Å². The summed E-state index contributed by atoms with van der Waals surface area (Å²) in [5, 5.41) is 6.30. The third-order valence-electron chi connectivity index (χ3n) is 6.88. The highest BCUT2D eigenvalue weighted by molar-refractivity contribution is 5.91. The number of methoxy groups -OCH3 is 1. The molecule has 28 heavy (non-hydrogen) atoms. The summed E-state index contributed by atoms with van der Waals surface area (Å²) in [5.74, 6) is 3.30. The van der Waals surface area contributed by atoms with Crippen LogP contribution in [0.25, 0.3) is 0 Å². The van der Waals surface area contributed by atoms with Gasteiger partial charge in [-0.2, -0.15) is 0 Å². The summed E-state index contributed by atoms with van der Waals surface area (Å²) in [4.78, 5) is 25.0. The first-order valence-electron chi connectivity index (χ1n) is 10.7. The van der Waals surface area contributed by atoms with Crippen molar-refractivity contribution in [3.8, 4) is 5.75 Å². The predicted molar refractivity (Wildman–Crippen MR) is 109 cm³/mol. The predicted octanol–water partition coefficient (Wildman–Crippen LogP) is 4.14. The Bertz CT molecular complexity index is 693. The van der Waals surface area contributed by atoms with Crippen LogP contribution >= 0.6 is 0 Å². The molecule has 5 heteroatoms. The van der Waals surface area contributed by atoms with Crippen LogP contribution in [-0.2, 0) is 9.59 Å². The zero-order valence-corrected chi connectivity index (χ0v) is 17.0. The minimum Gasteiger partial charge on any atom is -0.497 e. The van der Waals surface area contributed by atoms with Crippen LogP contribution in [0.5, 0.6) is 5.75 Å². The lowest BCUT2D eigenvalue weighted by Crippen LogP contribution is -2.60. The molecule has 0 aromatic heterocycles. The molecule has 2 N–H and O–H groups in total. The number of hydrogen-bond acceptors (Lipinski definition) is 3. The summed E-state index contributed by atoms with van der Waals surface area (Å²) in [6, 6.07) is 7.28. The van der Waals surface area contributed by atoms with E-state index < -0.39 is 0 Å². The number of amides is 2. The van der Waals surface area contributed by atoms with Crippen molar-refractivity contribution < 1.29 is 14.3 Å². The third kappa shape index (κ3) is 4.34. The van der Waals surface area contributed by atoms with Gasteiger partial charge in [0.15, 0.2) is 0 Å². The maximum absolute atomic E-state index is 12.7. The molecule has 4 fully saturated rings. The lowest BCUT2D eigenvalue weighted by Gasteiger charge is -2.57. The number of rotatable bonds is 7. The maximum atomic E-state index is 12.7. The van der Waals surface area contributed by atoms with Crippen LogP contribution in [-0.4, -0.2) is 24.5 Å². The topological polar surface area (TPSA) is 67.4 Å². The number of ether oxygens (including phenoxy) is 1. The molecule has 0 saturated heterocycles. The normalized spacial score (nSPS) is 31.3. The number of carbonyl (C=O) groups is 2. The molecule has 1 aromatic rings. The first-order valence-corrected chi connectivity index (χ1v) is 10.7. The third-order valence-corrected chi connectivity index (χ3v) is 6.88. The molecule has 152 valence electrons.